The van der Waals surface area contributed by atoms with Crippen molar-refractivity contribution in [3.8, 4) is 0 Å². The molecule has 4 heteroatoms. The Hall–Kier alpha value is -0.610. The van der Waals surface area contributed by atoms with Gasteiger partial charge in [-0.2, -0.15) is 0 Å². The number of aliphatic hydroxyl groups is 1. The molecule has 0 unspecified atom stereocenters. The fraction of sp³-hybridized carbons (Fsp3) is 0.909. The van der Waals surface area contributed by atoms with Gasteiger partial charge in [-0.05, 0) is 20.3 Å². The molecule has 1 aliphatic rings. The number of hydrogen-bond acceptors (Lipinski definition) is 3. The van der Waals surface area contributed by atoms with Gasteiger partial charge in [0.2, 0.25) is 5.91 Å². The van der Waals surface area contributed by atoms with Crippen LogP contribution in [0.5, 0.6) is 0 Å². The third kappa shape index (κ3) is 2.92. The minimum Gasteiger partial charge on any atom is -0.387 e. The average molecular weight is 214 g/mol. The molecule has 0 aromatic carbocycles. The predicted octanol–water partition coefficient (Wildman–Crippen LogP) is 0.310. The lowest BCUT2D eigenvalue weighted by Gasteiger charge is -2.46. The Bertz CT molecular complexity index is 235. The van der Waals surface area contributed by atoms with Crippen LogP contribution in [0.1, 0.15) is 27.2 Å². The van der Waals surface area contributed by atoms with Crippen molar-refractivity contribution in [3.05, 3.63) is 0 Å². The zero-order valence-electron chi connectivity index (χ0n) is 10.2. The van der Waals surface area contributed by atoms with Gasteiger partial charge < -0.3 is 10.0 Å². The lowest BCUT2D eigenvalue weighted by molar-refractivity contribution is -0.142. The maximum atomic E-state index is 11.7. The molecule has 0 spiro atoms. The van der Waals surface area contributed by atoms with Crippen LogP contribution in [0.2, 0.25) is 0 Å². The van der Waals surface area contributed by atoms with Crippen LogP contribution in [0.3, 0.4) is 0 Å². The maximum Gasteiger partial charge on any atom is 0.236 e. The molecule has 0 saturated carbocycles. The first-order chi connectivity index (χ1) is 6.88. The molecule has 4 nitrogen and oxygen atoms in total. The van der Waals surface area contributed by atoms with E-state index in [1.807, 2.05) is 32.7 Å². The molecular formula is C11H22N2O2. The van der Waals surface area contributed by atoms with Crippen molar-refractivity contribution in [2.24, 2.45) is 0 Å². The van der Waals surface area contributed by atoms with Crippen LogP contribution in [0.15, 0.2) is 0 Å². The third-order valence-corrected chi connectivity index (χ3v) is 3.22. The highest BCUT2D eigenvalue weighted by Gasteiger charge is 2.40. The van der Waals surface area contributed by atoms with E-state index in [0.29, 0.717) is 19.6 Å². The van der Waals surface area contributed by atoms with Gasteiger partial charge in [0.15, 0.2) is 0 Å². The second-order valence-corrected chi connectivity index (χ2v) is 4.82. The van der Waals surface area contributed by atoms with Gasteiger partial charge in [-0.3, -0.25) is 9.69 Å². The largest absolute Gasteiger partial charge is 0.387 e. The molecular weight excluding hydrogens is 192 g/mol. The summed E-state index contributed by atoms with van der Waals surface area (Å²) in [7, 11) is 1.82. The van der Waals surface area contributed by atoms with Crippen LogP contribution in [0.25, 0.3) is 0 Å². The van der Waals surface area contributed by atoms with Crippen molar-refractivity contribution in [2.45, 2.75) is 38.8 Å². The van der Waals surface area contributed by atoms with Crippen LogP contribution in [0, 0.1) is 0 Å². The SMILES string of the molecule is CCC1(O)CN(CC(=O)N(C)C(C)C)C1. The zero-order valence-corrected chi connectivity index (χ0v) is 10.2. The summed E-state index contributed by atoms with van der Waals surface area (Å²) in [6.45, 7) is 7.64. The van der Waals surface area contributed by atoms with E-state index in [1.54, 1.807) is 4.90 Å². The van der Waals surface area contributed by atoms with Crippen molar-refractivity contribution >= 4 is 5.91 Å². The van der Waals surface area contributed by atoms with Crippen LogP contribution in [-0.4, -0.2) is 59.1 Å². The monoisotopic (exact) mass is 214 g/mol. The zero-order chi connectivity index (χ0) is 11.6. The number of hydrogen-bond donors (Lipinski definition) is 1. The lowest BCUT2D eigenvalue weighted by atomic mass is 9.91. The van der Waals surface area contributed by atoms with E-state index >= 15 is 0 Å². The highest BCUT2D eigenvalue weighted by molar-refractivity contribution is 5.78. The van der Waals surface area contributed by atoms with E-state index < -0.39 is 5.60 Å². The van der Waals surface area contributed by atoms with Crippen LogP contribution in [-0.2, 0) is 4.79 Å². The third-order valence-electron chi connectivity index (χ3n) is 3.22. The number of β-amino-alcohol motifs (C(OH)–C–C–N with tert-alkyl or cyclic N) is 1. The van der Waals surface area contributed by atoms with E-state index in [-0.39, 0.29) is 11.9 Å². The first kappa shape index (κ1) is 12.5. The Morgan fingerprint density at radius 1 is 1.53 bits per heavy atom. The molecule has 15 heavy (non-hydrogen) atoms. The van der Waals surface area contributed by atoms with Crippen LogP contribution >= 0.6 is 0 Å². The lowest BCUT2D eigenvalue weighted by Crippen LogP contribution is -2.63. The van der Waals surface area contributed by atoms with Crippen molar-refractivity contribution < 1.29 is 9.90 Å². The maximum absolute atomic E-state index is 11.7. The molecule has 88 valence electrons. The summed E-state index contributed by atoms with van der Waals surface area (Å²) in [5.41, 5.74) is -0.545. The smallest absolute Gasteiger partial charge is 0.236 e. The second-order valence-electron chi connectivity index (χ2n) is 4.82. The summed E-state index contributed by atoms with van der Waals surface area (Å²) in [6, 6.07) is 0.240. The number of carbonyl (C=O) groups excluding carboxylic acids is 1. The summed E-state index contributed by atoms with van der Waals surface area (Å²) in [5.74, 6) is 0.128. The van der Waals surface area contributed by atoms with Gasteiger partial charge in [0, 0.05) is 26.2 Å². The summed E-state index contributed by atoms with van der Waals surface area (Å²) < 4.78 is 0. The van der Waals surface area contributed by atoms with E-state index in [4.69, 9.17) is 0 Å². The van der Waals surface area contributed by atoms with Crippen LogP contribution in [0.4, 0.5) is 0 Å². The van der Waals surface area contributed by atoms with Crippen molar-refractivity contribution in [1.82, 2.24) is 9.80 Å². The molecule has 1 aliphatic heterocycles. The summed E-state index contributed by atoms with van der Waals surface area (Å²) in [5, 5.41) is 9.78. The molecule has 1 N–H and O–H groups in total. The van der Waals surface area contributed by atoms with Gasteiger partial charge in [0.25, 0.3) is 0 Å². The molecule has 0 aromatic rings. The van der Waals surface area contributed by atoms with E-state index in [0.717, 1.165) is 6.42 Å². The Labute approximate surface area is 91.9 Å². The Kier molecular flexibility index (Phi) is 3.73. The number of likely N-dealkylation sites (tertiary alicyclic amines) is 1. The van der Waals surface area contributed by atoms with Crippen molar-refractivity contribution in [1.29, 1.82) is 0 Å². The number of likely N-dealkylation sites (N-methyl/N-ethyl adjacent to an activating group) is 1. The van der Waals surface area contributed by atoms with E-state index in [2.05, 4.69) is 0 Å². The highest BCUT2D eigenvalue weighted by atomic mass is 16.3. The minimum atomic E-state index is -0.545. The standard InChI is InChI=1S/C11H22N2O2/c1-5-11(15)7-13(8-11)6-10(14)12(4)9(2)3/h9,15H,5-8H2,1-4H3. The van der Waals surface area contributed by atoms with Crippen molar-refractivity contribution in [3.63, 3.8) is 0 Å². The second kappa shape index (κ2) is 4.49. The summed E-state index contributed by atoms with van der Waals surface area (Å²) in [6.07, 6.45) is 0.762. The molecule has 1 fully saturated rings. The highest BCUT2D eigenvalue weighted by Crippen LogP contribution is 2.23. The molecule has 0 bridgehead atoms. The Morgan fingerprint density at radius 2 is 2.07 bits per heavy atom. The molecule has 0 atom stereocenters. The Balaban J connectivity index is 2.31. The van der Waals surface area contributed by atoms with E-state index in [9.17, 15) is 9.90 Å². The molecule has 0 aromatic heterocycles. The van der Waals surface area contributed by atoms with E-state index in [1.165, 1.54) is 0 Å². The fourth-order valence-electron chi connectivity index (χ4n) is 1.71. The minimum absolute atomic E-state index is 0.128. The van der Waals surface area contributed by atoms with Gasteiger partial charge in [-0.25, -0.2) is 0 Å². The summed E-state index contributed by atoms with van der Waals surface area (Å²) >= 11 is 0. The number of nitrogens with zero attached hydrogens (tertiary/aromatic N) is 2. The predicted molar refractivity (Wildman–Crippen MR) is 59.6 cm³/mol. The quantitative estimate of drug-likeness (QED) is 0.732. The molecule has 1 saturated heterocycles. The topological polar surface area (TPSA) is 43.8 Å². The van der Waals surface area contributed by atoms with Gasteiger partial charge in [-0.1, -0.05) is 6.92 Å². The Morgan fingerprint density at radius 3 is 2.47 bits per heavy atom. The summed E-state index contributed by atoms with van der Waals surface area (Å²) in [4.78, 5) is 15.4. The van der Waals surface area contributed by atoms with Gasteiger partial charge in [-0.15, -0.1) is 0 Å². The molecule has 1 amide bonds. The van der Waals surface area contributed by atoms with Gasteiger partial charge >= 0.3 is 0 Å². The van der Waals surface area contributed by atoms with Crippen LogP contribution < -0.4 is 0 Å². The van der Waals surface area contributed by atoms with Gasteiger partial charge in [0.1, 0.15) is 0 Å². The number of carbonyl (C=O) groups is 1. The average Bonchev–Trinajstić information content (AvgIpc) is 2.13. The molecule has 0 radical (unpaired) electrons. The molecule has 0 aliphatic carbocycles. The van der Waals surface area contributed by atoms with Crippen molar-refractivity contribution in [2.75, 3.05) is 26.7 Å². The van der Waals surface area contributed by atoms with Gasteiger partial charge in [0.05, 0.1) is 12.1 Å². The number of rotatable bonds is 4. The first-order valence-electron chi connectivity index (χ1n) is 5.58. The number of amides is 1. The fourth-order valence-corrected chi connectivity index (χ4v) is 1.71. The molecule has 1 rings (SSSR count). The normalized spacial score (nSPS) is 20.1. The first-order valence-corrected chi connectivity index (χ1v) is 5.58. The molecule has 1 heterocycles.